The zero-order valence-corrected chi connectivity index (χ0v) is 15.8. The van der Waals surface area contributed by atoms with Crippen molar-refractivity contribution in [1.82, 2.24) is 10.2 Å². The lowest BCUT2D eigenvalue weighted by Crippen LogP contribution is -2.31. The number of carbonyl (C=O) groups is 2. The first-order chi connectivity index (χ1) is 10.9. The molecule has 0 aliphatic carbocycles. The fraction of sp³-hybridized carbons (Fsp3) is 0.500. The molecule has 8 heteroatoms. The second-order valence-electron chi connectivity index (χ2n) is 5.00. The van der Waals surface area contributed by atoms with Gasteiger partial charge in [-0.15, -0.1) is 12.4 Å². The minimum Gasteiger partial charge on any atom is -0.496 e. The average molecular weight is 378 g/mol. The second-order valence-corrected chi connectivity index (χ2v) is 5.41. The molecule has 0 aromatic heterocycles. The zero-order valence-electron chi connectivity index (χ0n) is 14.2. The standard InChI is InChI=1S/C16H24ClN3O3.ClH/c1-4-20(5-2)15(21)7-6-8-19-16(22)11-9-12(17)13(18)10-14(11)23-3;/h9-10H,4-8,18H2,1-3H3,(H,19,22);1H. The van der Waals surface area contributed by atoms with Crippen LogP contribution in [0.1, 0.15) is 37.0 Å². The van der Waals surface area contributed by atoms with E-state index < -0.39 is 0 Å². The molecule has 6 nitrogen and oxygen atoms in total. The van der Waals surface area contributed by atoms with Gasteiger partial charge in [0.1, 0.15) is 5.75 Å². The molecule has 136 valence electrons. The molecule has 0 heterocycles. The van der Waals surface area contributed by atoms with Crippen molar-refractivity contribution in [2.24, 2.45) is 0 Å². The van der Waals surface area contributed by atoms with E-state index in [1.54, 1.807) is 4.90 Å². The topological polar surface area (TPSA) is 84.7 Å². The van der Waals surface area contributed by atoms with Crippen LogP contribution in [0.25, 0.3) is 0 Å². The van der Waals surface area contributed by atoms with Gasteiger partial charge in [-0.3, -0.25) is 9.59 Å². The predicted molar refractivity (Wildman–Crippen MR) is 99.2 cm³/mol. The maximum absolute atomic E-state index is 12.2. The highest BCUT2D eigenvalue weighted by molar-refractivity contribution is 6.33. The van der Waals surface area contributed by atoms with Crippen LogP contribution in [0.15, 0.2) is 12.1 Å². The number of ether oxygens (including phenoxy) is 1. The molecule has 0 spiro atoms. The molecule has 24 heavy (non-hydrogen) atoms. The summed E-state index contributed by atoms with van der Waals surface area (Å²) >= 11 is 5.95. The summed E-state index contributed by atoms with van der Waals surface area (Å²) < 4.78 is 5.15. The van der Waals surface area contributed by atoms with Gasteiger partial charge in [-0.25, -0.2) is 0 Å². The molecule has 0 saturated carbocycles. The summed E-state index contributed by atoms with van der Waals surface area (Å²) in [6, 6.07) is 2.99. The van der Waals surface area contributed by atoms with E-state index in [1.165, 1.54) is 19.2 Å². The lowest BCUT2D eigenvalue weighted by molar-refractivity contribution is -0.130. The van der Waals surface area contributed by atoms with Gasteiger partial charge in [-0.05, 0) is 26.3 Å². The van der Waals surface area contributed by atoms with E-state index in [2.05, 4.69) is 5.32 Å². The summed E-state index contributed by atoms with van der Waals surface area (Å²) in [4.78, 5) is 25.8. The Bertz CT molecular complexity index is 564. The summed E-state index contributed by atoms with van der Waals surface area (Å²) in [6.45, 7) is 5.68. The largest absolute Gasteiger partial charge is 0.496 e. The maximum atomic E-state index is 12.2. The number of rotatable bonds is 8. The molecule has 3 N–H and O–H groups in total. The van der Waals surface area contributed by atoms with Crippen LogP contribution >= 0.6 is 24.0 Å². The van der Waals surface area contributed by atoms with Gasteiger partial charge >= 0.3 is 0 Å². The molecule has 0 bridgehead atoms. The summed E-state index contributed by atoms with van der Waals surface area (Å²) in [6.07, 6.45) is 0.980. The van der Waals surface area contributed by atoms with Crippen LogP contribution in [0.4, 0.5) is 5.69 Å². The quantitative estimate of drug-likeness (QED) is 0.538. The van der Waals surface area contributed by atoms with Crippen LogP contribution in [0.2, 0.25) is 5.02 Å². The van der Waals surface area contributed by atoms with Crippen molar-refractivity contribution in [3.05, 3.63) is 22.7 Å². The molecular formula is C16H25Cl2N3O3. The number of methoxy groups -OCH3 is 1. The van der Waals surface area contributed by atoms with E-state index in [0.717, 1.165) is 0 Å². The van der Waals surface area contributed by atoms with E-state index in [0.29, 0.717) is 54.5 Å². The Kier molecular flexibility index (Phi) is 10.2. The molecule has 1 aromatic rings. The SMILES string of the molecule is CCN(CC)C(=O)CCCNC(=O)c1cc(Cl)c(N)cc1OC.Cl. The van der Waals surface area contributed by atoms with Gasteiger partial charge in [0.15, 0.2) is 0 Å². The second kappa shape index (κ2) is 11.0. The fourth-order valence-electron chi connectivity index (χ4n) is 2.19. The first-order valence-corrected chi connectivity index (χ1v) is 8.01. The number of hydrogen-bond acceptors (Lipinski definition) is 4. The normalized spacial score (nSPS) is 9.83. The Hall–Kier alpha value is -1.66. The lowest BCUT2D eigenvalue weighted by Gasteiger charge is -2.18. The Labute approximate surface area is 154 Å². The molecule has 0 aliphatic heterocycles. The Morgan fingerprint density at radius 2 is 1.92 bits per heavy atom. The molecule has 0 saturated heterocycles. The van der Waals surface area contributed by atoms with Crippen molar-refractivity contribution in [3.8, 4) is 5.75 Å². The Morgan fingerprint density at radius 1 is 1.29 bits per heavy atom. The Balaban J connectivity index is 0.00000529. The molecule has 2 amide bonds. The van der Waals surface area contributed by atoms with Crippen LogP contribution in [0.3, 0.4) is 0 Å². The van der Waals surface area contributed by atoms with Crippen molar-refractivity contribution < 1.29 is 14.3 Å². The number of nitrogens with one attached hydrogen (secondary N) is 1. The number of hydrogen-bond donors (Lipinski definition) is 2. The van der Waals surface area contributed by atoms with E-state index in [1.807, 2.05) is 13.8 Å². The van der Waals surface area contributed by atoms with Gasteiger partial charge < -0.3 is 20.7 Å². The first kappa shape index (κ1) is 22.3. The van der Waals surface area contributed by atoms with Crippen LogP contribution in [0, 0.1) is 0 Å². The smallest absolute Gasteiger partial charge is 0.255 e. The van der Waals surface area contributed by atoms with Crippen molar-refractivity contribution in [3.63, 3.8) is 0 Å². The minimum absolute atomic E-state index is 0. The highest BCUT2D eigenvalue weighted by Crippen LogP contribution is 2.28. The van der Waals surface area contributed by atoms with Crippen LogP contribution in [0.5, 0.6) is 5.75 Å². The van der Waals surface area contributed by atoms with E-state index in [4.69, 9.17) is 22.1 Å². The van der Waals surface area contributed by atoms with Gasteiger partial charge in [0.2, 0.25) is 5.91 Å². The third kappa shape index (κ3) is 6.09. The number of nitrogen functional groups attached to an aromatic ring is 1. The zero-order chi connectivity index (χ0) is 17.4. The summed E-state index contributed by atoms with van der Waals surface area (Å²) in [5, 5.41) is 3.06. The monoisotopic (exact) mass is 377 g/mol. The van der Waals surface area contributed by atoms with Crippen molar-refractivity contribution in [2.45, 2.75) is 26.7 Å². The average Bonchev–Trinajstić information content (AvgIpc) is 2.54. The predicted octanol–water partition coefficient (Wildman–Crippen LogP) is 2.73. The van der Waals surface area contributed by atoms with Crippen LogP contribution < -0.4 is 15.8 Å². The number of benzene rings is 1. The molecule has 0 aliphatic rings. The van der Waals surface area contributed by atoms with Gasteiger partial charge in [0.25, 0.3) is 5.91 Å². The third-order valence-corrected chi connectivity index (χ3v) is 3.86. The lowest BCUT2D eigenvalue weighted by atomic mass is 10.1. The van der Waals surface area contributed by atoms with Crippen molar-refractivity contribution >= 4 is 41.5 Å². The van der Waals surface area contributed by atoms with Gasteiger partial charge in [-0.1, -0.05) is 11.6 Å². The first-order valence-electron chi connectivity index (χ1n) is 7.63. The molecular weight excluding hydrogens is 353 g/mol. The van der Waals surface area contributed by atoms with Crippen molar-refractivity contribution in [2.75, 3.05) is 32.5 Å². The molecule has 1 aromatic carbocycles. The number of anilines is 1. The fourth-order valence-corrected chi connectivity index (χ4v) is 2.35. The number of amides is 2. The number of halogens is 2. The molecule has 1 rings (SSSR count). The highest BCUT2D eigenvalue weighted by Gasteiger charge is 2.15. The summed E-state index contributed by atoms with van der Waals surface area (Å²) in [5.74, 6) is 0.153. The summed E-state index contributed by atoms with van der Waals surface area (Å²) in [7, 11) is 1.46. The molecule has 0 fully saturated rings. The highest BCUT2D eigenvalue weighted by atomic mass is 35.5. The van der Waals surface area contributed by atoms with E-state index in [9.17, 15) is 9.59 Å². The van der Waals surface area contributed by atoms with Gasteiger partial charge in [0.05, 0.1) is 23.4 Å². The minimum atomic E-state index is -0.306. The Morgan fingerprint density at radius 3 is 2.46 bits per heavy atom. The number of nitrogens with two attached hydrogens (primary N) is 1. The molecule has 0 unspecified atom stereocenters. The van der Waals surface area contributed by atoms with Crippen LogP contribution in [-0.4, -0.2) is 43.5 Å². The van der Waals surface area contributed by atoms with Gasteiger partial charge in [0, 0.05) is 32.1 Å². The third-order valence-electron chi connectivity index (χ3n) is 3.53. The summed E-state index contributed by atoms with van der Waals surface area (Å²) in [5.41, 5.74) is 6.36. The number of carbonyl (C=O) groups excluding carboxylic acids is 2. The van der Waals surface area contributed by atoms with E-state index >= 15 is 0 Å². The molecule has 0 atom stereocenters. The van der Waals surface area contributed by atoms with E-state index in [-0.39, 0.29) is 24.2 Å². The van der Waals surface area contributed by atoms with Crippen LogP contribution in [-0.2, 0) is 4.79 Å². The number of nitrogens with zero attached hydrogens (tertiary/aromatic N) is 1. The van der Waals surface area contributed by atoms with Crippen molar-refractivity contribution in [1.29, 1.82) is 0 Å². The molecule has 0 radical (unpaired) electrons. The maximum Gasteiger partial charge on any atom is 0.255 e. The van der Waals surface area contributed by atoms with Gasteiger partial charge in [-0.2, -0.15) is 0 Å².